The van der Waals surface area contributed by atoms with E-state index in [2.05, 4.69) is 34.2 Å². The molecular weight excluding hydrogens is 380 g/mol. The van der Waals surface area contributed by atoms with Crippen molar-refractivity contribution in [3.05, 3.63) is 53.7 Å². The van der Waals surface area contributed by atoms with Crippen molar-refractivity contribution in [3.63, 3.8) is 0 Å². The van der Waals surface area contributed by atoms with Crippen molar-refractivity contribution in [2.24, 2.45) is 5.92 Å². The average Bonchev–Trinajstić information content (AvgIpc) is 3.36. The Morgan fingerprint density at radius 1 is 1.23 bits per heavy atom. The summed E-state index contributed by atoms with van der Waals surface area (Å²) in [5, 5.41) is 7.54. The first-order valence-corrected chi connectivity index (χ1v) is 10.2. The van der Waals surface area contributed by atoms with Gasteiger partial charge in [-0.15, -0.1) is 0 Å². The number of carbonyl (C=O) groups excluding carboxylic acids is 1. The maximum Gasteiger partial charge on any atom is 0.168 e. The fourth-order valence-corrected chi connectivity index (χ4v) is 3.09. The minimum absolute atomic E-state index is 0.452. The van der Waals surface area contributed by atoms with E-state index in [1.165, 1.54) is 6.20 Å². The van der Waals surface area contributed by atoms with Crippen LogP contribution in [0.5, 0.6) is 0 Å². The normalized spacial score (nSPS) is 11.0. The molecule has 8 nitrogen and oxygen atoms in total. The lowest BCUT2D eigenvalue weighted by molar-refractivity contribution is 0.0969. The summed E-state index contributed by atoms with van der Waals surface area (Å²) in [4.78, 5) is 20.2. The van der Waals surface area contributed by atoms with E-state index in [0.717, 1.165) is 28.9 Å². The zero-order valence-corrected chi connectivity index (χ0v) is 18.1. The molecule has 0 atom stereocenters. The number of carbonyl (C=O) groups is 1. The molecule has 0 saturated heterocycles. The van der Waals surface area contributed by atoms with Crippen LogP contribution in [0.3, 0.4) is 0 Å². The van der Waals surface area contributed by atoms with Crippen molar-refractivity contribution in [1.29, 1.82) is 0 Å². The summed E-state index contributed by atoms with van der Waals surface area (Å²) in [6.07, 6.45) is 7.94. The SMILES string of the molecule is CC.Cc1cc(Nc2cc(COCC(C)C)cn3ccnc23)nc2c(C=O)cnn12. The molecular formula is C22H28N6O2. The Morgan fingerprint density at radius 3 is 2.77 bits per heavy atom. The second kappa shape index (κ2) is 9.49. The molecule has 4 heterocycles. The molecule has 0 spiro atoms. The van der Waals surface area contributed by atoms with Gasteiger partial charge >= 0.3 is 0 Å². The van der Waals surface area contributed by atoms with E-state index in [-0.39, 0.29) is 0 Å². The van der Waals surface area contributed by atoms with Crippen LogP contribution in [-0.2, 0) is 11.3 Å². The fourth-order valence-electron chi connectivity index (χ4n) is 3.09. The standard InChI is InChI=1S/C20H22N6O2.C2H6/c1-13(2)11-28-12-15-7-17(20-21-4-5-25(20)9-15)23-18-6-14(3)26-19(24-18)16(10-27)8-22-26;1-2/h4-10,13H,11-12H2,1-3H3,(H,23,24);1-2H3. The molecule has 4 aromatic rings. The van der Waals surface area contributed by atoms with Crippen LogP contribution < -0.4 is 5.32 Å². The van der Waals surface area contributed by atoms with Crippen LogP contribution in [0.1, 0.15) is 49.3 Å². The molecule has 4 aromatic heterocycles. The predicted octanol–water partition coefficient (Wildman–Crippen LogP) is 4.44. The minimum Gasteiger partial charge on any atom is -0.376 e. The van der Waals surface area contributed by atoms with Gasteiger partial charge in [-0.2, -0.15) is 5.10 Å². The van der Waals surface area contributed by atoms with Crippen LogP contribution in [0.15, 0.2) is 36.9 Å². The van der Waals surface area contributed by atoms with Gasteiger partial charge in [0.25, 0.3) is 0 Å². The summed E-state index contributed by atoms with van der Waals surface area (Å²) in [5.74, 6) is 1.11. The van der Waals surface area contributed by atoms with Gasteiger partial charge in [-0.25, -0.2) is 14.5 Å². The number of aldehydes is 1. The molecule has 4 rings (SSSR count). The van der Waals surface area contributed by atoms with Gasteiger partial charge in [-0.1, -0.05) is 27.7 Å². The number of fused-ring (bicyclic) bond motifs is 2. The van der Waals surface area contributed by atoms with E-state index in [9.17, 15) is 4.79 Å². The highest BCUT2D eigenvalue weighted by Crippen LogP contribution is 2.23. The van der Waals surface area contributed by atoms with Crippen LogP contribution in [0.2, 0.25) is 0 Å². The number of hydrogen-bond donors (Lipinski definition) is 1. The zero-order chi connectivity index (χ0) is 21.7. The van der Waals surface area contributed by atoms with Crippen molar-refractivity contribution in [2.45, 2.75) is 41.2 Å². The number of aromatic nitrogens is 5. The number of aryl methyl sites for hydroxylation is 1. The number of ether oxygens (including phenoxy) is 1. The Morgan fingerprint density at radius 2 is 2.03 bits per heavy atom. The van der Waals surface area contributed by atoms with Crippen molar-refractivity contribution < 1.29 is 9.53 Å². The van der Waals surface area contributed by atoms with Gasteiger partial charge in [0, 0.05) is 37.0 Å². The van der Waals surface area contributed by atoms with Crippen LogP contribution in [0, 0.1) is 12.8 Å². The molecule has 0 amide bonds. The highest BCUT2D eigenvalue weighted by atomic mass is 16.5. The number of imidazole rings is 1. The van der Waals surface area contributed by atoms with Gasteiger partial charge in [-0.05, 0) is 24.5 Å². The fraction of sp³-hybridized carbons (Fsp3) is 0.364. The maximum atomic E-state index is 11.3. The Balaban J connectivity index is 0.00000124. The van der Waals surface area contributed by atoms with Crippen LogP contribution in [0.4, 0.5) is 11.5 Å². The van der Waals surface area contributed by atoms with Crippen molar-refractivity contribution >= 4 is 29.1 Å². The third-order valence-electron chi connectivity index (χ3n) is 4.33. The summed E-state index contributed by atoms with van der Waals surface area (Å²) in [6, 6.07) is 3.90. The van der Waals surface area contributed by atoms with Gasteiger partial charge in [0.05, 0.1) is 24.1 Å². The highest BCUT2D eigenvalue weighted by Gasteiger charge is 2.12. The largest absolute Gasteiger partial charge is 0.376 e. The van der Waals surface area contributed by atoms with Crippen LogP contribution in [0.25, 0.3) is 11.3 Å². The van der Waals surface area contributed by atoms with Crippen LogP contribution in [-0.4, -0.2) is 36.9 Å². The van der Waals surface area contributed by atoms with E-state index in [1.54, 1.807) is 10.7 Å². The summed E-state index contributed by atoms with van der Waals surface area (Å²) < 4.78 is 9.39. The first-order chi connectivity index (χ1) is 14.5. The van der Waals surface area contributed by atoms with E-state index < -0.39 is 0 Å². The average molecular weight is 409 g/mol. The zero-order valence-electron chi connectivity index (χ0n) is 18.1. The first kappa shape index (κ1) is 21.4. The smallest absolute Gasteiger partial charge is 0.168 e. The number of nitrogens with zero attached hydrogens (tertiary/aromatic N) is 5. The van der Waals surface area contributed by atoms with Crippen molar-refractivity contribution in [1.82, 2.24) is 24.0 Å². The molecule has 8 heteroatoms. The van der Waals surface area contributed by atoms with Gasteiger partial charge in [0.15, 0.2) is 17.6 Å². The summed E-state index contributed by atoms with van der Waals surface area (Å²) >= 11 is 0. The number of nitrogens with one attached hydrogen (secondary N) is 1. The van der Waals surface area contributed by atoms with Gasteiger partial charge in [0.2, 0.25) is 0 Å². The third-order valence-corrected chi connectivity index (χ3v) is 4.33. The topological polar surface area (TPSA) is 85.8 Å². The van der Waals surface area contributed by atoms with E-state index in [0.29, 0.717) is 36.2 Å². The molecule has 0 bridgehead atoms. The van der Waals surface area contributed by atoms with Crippen molar-refractivity contribution in [3.8, 4) is 0 Å². The summed E-state index contributed by atoms with van der Waals surface area (Å²) in [5.41, 5.74) is 4.48. The third kappa shape index (κ3) is 4.49. The number of anilines is 2. The van der Waals surface area contributed by atoms with E-state index in [1.807, 2.05) is 49.7 Å². The molecule has 30 heavy (non-hydrogen) atoms. The molecule has 0 radical (unpaired) electrons. The van der Waals surface area contributed by atoms with Crippen molar-refractivity contribution in [2.75, 3.05) is 11.9 Å². The van der Waals surface area contributed by atoms with Gasteiger partial charge < -0.3 is 14.5 Å². The Kier molecular flexibility index (Phi) is 6.79. The molecule has 158 valence electrons. The summed E-state index contributed by atoms with van der Waals surface area (Å²) in [7, 11) is 0. The van der Waals surface area contributed by atoms with Gasteiger partial charge in [-0.3, -0.25) is 4.79 Å². The Bertz CT molecular complexity index is 1150. The molecule has 0 fully saturated rings. The number of pyridine rings is 1. The Labute approximate surface area is 175 Å². The number of rotatable bonds is 7. The quantitative estimate of drug-likeness (QED) is 0.455. The molecule has 0 aliphatic carbocycles. The molecule has 0 saturated carbocycles. The lowest BCUT2D eigenvalue weighted by Gasteiger charge is -2.12. The highest BCUT2D eigenvalue weighted by molar-refractivity contribution is 5.84. The second-order valence-corrected chi connectivity index (χ2v) is 7.19. The van der Waals surface area contributed by atoms with E-state index in [4.69, 9.17) is 4.74 Å². The van der Waals surface area contributed by atoms with Gasteiger partial charge in [0.1, 0.15) is 5.82 Å². The Hall–Kier alpha value is -3.26. The molecule has 0 aliphatic heterocycles. The van der Waals surface area contributed by atoms with E-state index >= 15 is 0 Å². The molecule has 0 aromatic carbocycles. The lowest BCUT2D eigenvalue weighted by Crippen LogP contribution is -2.05. The summed E-state index contributed by atoms with van der Waals surface area (Å²) in [6.45, 7) is 11.4. The lowest BCUT2D eigenvalue weighted by atomic mass is 10.2. The monoisotopic (exact) mass is 408 g/mol. The first-order valence-electron chi connectivity index (χ1n) is 10.2. The minimum atomic E-state index is 0.452. The molecule has 0 unspecified atom stereocenters. The predicted molar refractivity (Wildman–Crippen MR) is 117 cm³/mol. The molecule has 1 N–H and O–H groups in total. The molecule has 0 aliphatic rings. The number of hydrogen-bond acceptors (Lipinski definition) is 6. The second-order valence-electron chi connectivity index (χ2n) is 7.19. The maximum absolute atomic E-state index is 11.3. The van der Waals surface area contributed by atoms with Crippen LogP contribution >= 0.6 is 0 Å².